The minimum Gasteiger partial charge on any atom is -0.481 e. The summed E-state index contributed by atoms with van der Waals surface area (Å²) in [6.45, 7) is 0.324. The van der Waals surface area contributed by atoms with Gasteiger partial charge in [0, 0.05) is 24.6 Å². The molecule has 1 aromatic heterocycles. The van der Waals surface area contributed by atoms with Gasteiger partial charge in [0.05, 0.1) is 24.0 Å². The molecule has 0 bridgehead atoms. The SMILES string of the molecule is O=C(O)CC1CS(=O)(=O)CCN1c1ccncc1. The third-order valence-corrected chi connectivity index (χ3v) is 4.63. The quantitative estimate of drug-likeness (QED) is 0.841. The van der Waals surface area contributed by atoms with Crippen molar-refractivity contribution in [3.8, 4) is 0 Å². The number of aromatic nitrogens is 1. The molecule has 98 valence electrons. The van der Waals surface area contributed by atoms with Crippen molar-refractivity contribution < 1.29 is 18.3 Å². The van der Waals surface area contributed by atoms with E-state index in [1.807, 2.05) is 4.90 Å². The lowest BCUT2D eigenvalue weighted by molar-refractivity contribution is -0.137. The number of pyridine rings is 1. The third kappa shape index (κ3) is 2.98. The van der Waals surface area contributed by atoms with Crippen molar-refractivity contribution in [3.05, 3.63) is 24.5 Å². The third-order valence-electron chi connectivity index (χ3n) is 2.93. The Bertz CT molecular complexity index is 529. The van der Waals surface area contributed by atoms with Gasteiger partial charge in [-0.2, -0.15) is 0 Å². The topological polar surface area (TPSA) is 87.6 Å². The Morgan fingerprint density at radius 2 is 2.11 bits per heavy atom. The highest BCUT2D eigenvalue weighted by Gasteiger charge is 2.32. The van der Waals surface area contributed by atoms with Gasteiger partial charge in [-0.05, 0) is 12.1 Å². The molecule has 2 rings (SSSR count). The van der Waals surface area contributed by atoms with Gasteiger partial charge in [0.1, 0.15) is 0 Å². The van der Waals surface area contributed by atoms with Crippen molar-refractivity contribution in [1.82, 2.24) is 4.98 Å². The van der Waals surface area contributed by atoms with Crippen LogP contribution in [0.2, 0.25) is 0 Å². The molecule has 0 amide bonds. The first kappa shape index (κ1) is 12.8. The highest BCUT2D eigenvalue weighted by molar-refractivity contribution is 7.91. The predicted octanol–water partition coefficient (Wildman–Crippen LogP) is 0.160. The van der Waals surface area contributed by atoms with Crippen LogP contribution in [0.1, 0.15) is 6.42 Å². The van der Waals surface area contributed by atoms with E-state index in [9.17, 15) is 13.2 Å². The fourth-order valence-electron chi connectivity index (χ4n) is 2.13. The molecule has 6 nitrogen and oxygen atoms in total. The Hall–Kier alpha value is -1.63. The van der Waals surface area contributed by atoms with Crippen molar-refractivity contribution in [3.63, 3.8) is 0 Å². The number of aliphatic carboxylic acids is 1. The van der Waals surface area contributed by atoms with E-state index < -0.39 is 21.8 Å². The van der Waals surface area contributed by atoms with Crippen LogP contribution in [0, 0.1) is 0 Å². The van der Waals surface area contributed by atoms with Crippen molar-refractivity contribution in [2.75, 3.05) is 23.0 Å². The average molecular weight is 270 g/mol. The zero-order chi connectivity index (χ0) is 13.2. The van der Waals surface area contributed by atoms with Crippen LogP contribution in [0.4, 0.5) is 5.69 Å². The molecule has 0 spiro atoms. The molecular weight excluding hydrogens is 256 g/mol. The molecule has 7 heteroatoms. The molecule has 1 saturated heterocycles. The maximum absolute atomic E-state index is 11.6. The molecule has 1 N–H and O–H groups in total. The molecule has 18 heavy (non-hydrogen) atoms. The summed E-state index contributed by atoms with van der Waals surface area (Å²) < 4.78 is 23.2. The van der Waals surface area contributed by atoms with E-state index >= 15 is 0 Å². The van der Waals surface area contributed by atoms with E-state index in [4.69, 9.17) is 5.11 Å². The summed E-state index contributed by atoms with van der Waals surface area (Å²) in [7, 11) is -3.14. The zero-order valence-corrected chi connectivity index (χ0v) is 10.5. The molecule has 0 radical (unpaired) electrons. The number of rotatable bonds is 3. The first-order chi connectivity index (χ1) is 8.48. The number of carbonyl (C=O) groups is 1. The van der Waals surface area contributed by atoms with Gasteiger partial charge in [-0.25, -0.2) is 8.42 Å². The van der Waals surface area contributed by atoms with Crippen molar-refractivity contribution >= 4 is 21.5 Å². The lowest BCUT2D eigenvalue weighted by Gasteiger charge is -2.36. The Balaban J connectivity index is 2.25. The van der Waals surface area contributed by atoms with Crippen LogP contribution in [-0.4, -0.2) is 48.6 Å². The van der Waals surface area contributed by atoms with E-state index in [1.165, 1.54) is 0 Å². The molecule has 1 aliphatic heterocycles. The number of anilines is 1. The van der Waals surface area contributed by atoms with Gasteiger partial charge >= 0.3 is 5.97 Å². The van der Waals surface area contributed by atoms with Crippen LogP contribution in [0.25, 0.3) is 0 Å². The highest BCUT2D eigenvalue weighted by Crippen LogP contribution is 2.22. The minimum absolute atomic E-state index is 0.0610. The van der Waals surface area contributed by atoms with Gasteiger partial charge in [-0.1, -0.05) is 0 Å². The smallest absolute Gasteiger partial charge is 0.305 e. The first-order valence-corrected chi connectivity index (χ1v) is 7.39. The monoisotopic (exact) mass is 270 g/mol. The van der Waals surface area contributed by atoms with Crippen LogP contribution in [0.15, 0.2) is 24.5 Å². The maximum Gasteiger partial charge on any atom is 0.305 e. The standard InChI is InChI=1S/C11H14N2O4S/c14-11(15)7-10-8-18(16,17)6-5-13(10)9-1-3-12-4-2-9/h1-4,10H,5-8H2,(H,14,15). The van der Waals surface area contributed by atoms with Crippen molar-refractivity contribution in [1.29, 1.82) is 0 Å². The van der Waals surface area contributed by atoms with Gasteiger partial charge in [0.2, 0.25) is 0 Å². The minimum atomic E-state index is -3.14. The van der Waals surface area contributed by atoms with Crippen LogP contribution >= 0.6 is 0 Å². The molecule has 0 aliphatic carbocycles. The van der Waals surface area contributed by atoms with Gasteiger partial charge in [0.15, 0.2) is 9.84 Å². The summed E-state index contributed by atoms with van der Waals surface area (Å²) in [4.78, 5) is 16.5. The highest BCUT2D eigenvalue weighted by atomic mass is 32.2. The number of hydrogen-bond donors (Lipinski definition) is 1. The van der Waals surface area contributed by atoms with Gasteiger partial charge in [-0.15, -0.1) is 0 Å². The Morgan fingerprint density at radius 1 is 1.44 bits per heavy atom. The summed E-state index contributed by atoms with van der Waals surface area (Å²) in [5.41, 5.74) is 0.811. The average Bonchev–Trinajstić information content (AvgIpc) is 2.28. The maximum atomic E-state index is 11.6. The number of carboxylic acid groups (broad SMARTS) is 1. The Morgan fingerprint density at radius 3 is 2.72 bits per heavy atom. The molecule has 1 aliphatic rings. The Kier molecular flexibility index (Phi) is 3.51. The van der Waals surface area contributed by atoms with Gasteiger partial charge in [-0.3, -0.25) is 9.78 Å². The van der Waals surface area contributed by atoms with Crippen LogP contribution in [-0.2, 0) is 14.6 Å². The summed E-state index contributed by atoms with van der Waals surface area (Å²) in [6.07, 6.45) is 3.04. The second-order valence-corrected chi connectivity index (χ2v) is 6.49. The first-order valence-electron chi connectivity index (χ1n) is 5.57. The normalized spacial score (nSPS) is 22.7. The zero-order valence-electron chi connectivity index (χ0n) is 9.69. The van der Waals surface area contributed by atoms with Crippen molar-refractivity contribution in [2.45, 2.75) is 12.5 Å². The molecular formula is C11H14N2O4S. The van der Waals surface area contributed by atoms with Gasteiger partial charge in [0.25, 0.3) is 0 Å². The lowest BCUT2D eigenvalue weighted by Crippen LogP contribution is -2.49. The summed E-state index contributed by atoms with van der Waals surface area (Å²) in [5.74, 6) is -1.04. The van der Waals surface area contributed by atoms with Crippen LogP contribution in [0.3, 0.4) is 0 Å². The largest absolute Gasteiger partial charge is 0.481 e. The van der Waals surface area contributed by atoms with Crippen LogP contribution < -0.4 is 4.90 Å². The van der Waals surface area contributed by atoms with Crippen LogP contribution in [0.5, 0.6) is 0 Å². The predicted molar refractivity (Wildman–Crippen MR) is 66.3 cm³/mol. The number of nitrogens with zero attached hydrogens (tertiary/aromatic N) is 2. The molecule has 2 heterocycles. The number of hydrogen-bond acceptors (Lipinski definition) is 5. The summed E-state index contributed by atoms with van der Waals surface area (Å²) >= 11 is 0. The summed E-state index contributed by atoms with van der Waals surface area (Å²) in [5, 5.41) is 8.87. The van der Waals surface area contributed by atoms with Crippen molar-refractivity contribution in [2.24, 2.45) is 0 Å². The molecule has 1 unspecified atom stereocenters. The Labute approximate surface area is 105 Å². The van der Waals surface area contributed by atoms with E-state index in [-0.39, 0.29) is 17.9 Å². The lowest BCUT2D eigenvalue weighted by atomic mass is 10.1. The van der Waals surface area contributed by atoms with E-state index in [0.29, 0.717) is 6.54 Å². The van der Waals surface area contributed by atoms with E-state index in [2.05, 4.69) is 4.98 Å². The summed E-state index contributed by atoms with van der Waals surface area (Å²) in [6, 6.07) is 3.00. The fourth-order valence-corrected chi connectivity index (χ4v) is 3.66. The second kappa shape index (κ2) is 4.93. The second-order valence-electron chi connectivity index (χ2n) is 4.26. The number of sulfone groups is 1. The van der Waals surface area contributed by atoms with Gasteiger partial charge < -0.3 is 10.0 Å². The molecule has 0 aromatic carbocycles. The van der Waals surface area contributed by atoms with E-state index in [0.717, 1.165) is 5.69 Å². The molecule has 0 saturated carbocycles. The fraction of sp³-hybridized carbons (Fsp3) is 0.455. The molecule has 1 fully saturated rings. The number of carboxylic acids is 1. The molecule has 1 atom stereocenters. The molecule has 1 aromatic rings. The van der Waals surface area contributed by atoms with E-state index in [1.54, 1.807) is 24.5 Å².